The van der Waals surface area contributed by atoms with Crippen molar-refractivity contribution in [1.29, 1.82) is 0 Å². The van der Waals surface area contributed by atoms with Gasteiger partial charge in [-0.05, 0) is 18.6 Å². The molecule has 0 saturated carbocycles. The zero-order chi connectivity index (χ0) is 17.9. The second-order valence-corrected chi connectivity index (χ2v) is 6.47. The molecule has 1 N–H and O–H groups in total. The van der Waals surface area contributed by atoms with Gasteiger partial charge in [-0.25, -0.2) is 4.98 Å². The van der Waals surface area contributed by atoms with Crippen LogP contribution in [0.5, 0.6) is 0 Å². The van der Waals surface area contributed by atoms with Crippen LogP contribution in [0, 0.1) is 0 Å². The van der Waals surface area contributed by atoms with E-state index in [2.05, 4.69) is 35.0 Å². The van der Waals surface area contributed by atoms with E-state index in [1.165, 1.54) is 51.2 Å². The van der Waals surface area contributed by atoms with E-state index in [1.54, 1.807) is 0 Å². The predicted molar refractivity (Wildman–Crippen MR) is 102 cm³/mol. The molecule has 1 amide bonds. The van der Waals surface area contributed by atoms with E-state index in [0.717, 1.165) is 24.3 Å². The number of rotatable bonds is 12. The van der Waals surface area contributed by atoms with Gasteiger partial charge in [-0.1, -0.05) is 51.2 Å². The summed E-state index contributed by atoms with van der Waals surface area (Å²) in [5, 5.41) is 2.88. The Morgan fingerprint density at radius 1 is 1.16 bits per heavy atom. The summed E-state index contributed by atoms with van der Waals surface area (Å²) in [6.07, 6.45) is 8.43. The number of hydrogen-bond acceptors (Lipinski definition) is 3. The number of ether oxygens (including phenoxy) is 1. The van der Waals surface area contributed by atoms with Crippen LogP contribution in [0.15, 0.2) is 24.3 Å². The van der Waals surface area contributed by atoms with Crippen molar-refractivity contribution in [3.8, 4) is 0 Å². The van der Waals surface area contributed by atoms with Crippen LogP contribution in [-0.4, -0.2) is 35.7 Å². The topological polar surface area (TPSA) is 56.2 Å². The number of carbonyl (C=O) groups is 1. The van der Waals surface area contributed by atoms with E-state index in [-0.39, 0.29) is 12.5 Å². The highest BCUT2D eigenvalue weighted by atomic mass is 16.5. The van der Waals surface area contributed by atoms with Crippen molar-refractivity contribution >= 4 is 16.9 Å². The quantitative estimate of drug-likeness (QED) is 0.597. The number of fused-ring (bicyclic) bond motifs is 1. The molecule has 0 atom stereocenters. The van der Waals surface area contributed by atoms with E-state index >= 15 is 0 Å². The molecule has 0 spiro atoms. The Bertz CT molecular complexity index is 651. The van der Waals surface area contributed by atoms with Crippen molar-refractivity contribution in [3.05, 3.63) is 30.1 Å². The lowest BCUT2D eigenvalue weighted by molar-refractivity contribution is -0.124. The Kier molecular flexibility index (Phi) is 8.46. The zero-order valence-corrected chi connectivity index (χ0v) is 15.6. The number of aryl methyl sites for hydroxylation is 1. The number of nitrogens with zero attached hydrogens (tertiary/aromatic N) is 2. The third kappa shape index (κ3) is 6.16. The smallest absolute Gasteiger partial charge is 0.245 e. The lowest BCUT2D eigenvalue weighted by Crippen LogP contribution is -2.29. The Labute approximate surface area is 150 Å². The lowest BCUT2D eigenvalue weighted by atomic mass is 10.1. The Balaban J connectivity index is 1.94. The number of carbonyl (C=O) groups excluding carboxylic acids is 1. The average molecular weight is 345 g/mol. The number of hydrogen-bond donors (Lipinski definition) is 1. The van der Waals surface area contributed by atoms with Gasteiger partial charge in [-0.15, -0.1) is 0 Å². The highest BCUT2D eigenvalue weighted by Gasteiger charge is 2.10. The molecule has 1 heterocycles. The molecular weight excluding hydrogens is 314 g/mol. The van der Waals surface area contributed by atoms with Crippen LogP contribution < -0.4 is 5.32 Å². The monoisotopic (exact) mass is 345 g/mol. The Hall–Kier alpha value is -1.88. The van der Waals surface area contributed by atoms with Crippen LogP contribution in [0.25, 0.3) is 11.0 Å². The number of methoxy groups -OCH3 is 1. The van der Waals surface area contributed by atoms with Crippen molar-refractivity contribution in [2.45, 2.75) is 58.4 Å². The molecule has 0 aliphatic rings. The van der Waals surface area contributed by atoms with Gasteiger partial charge in [0.2, 0.25) is 5.91 Å². The Morgan fingerprint density at radius 2 is 1.92 bits per heavy atom. The first-order chi connectivity index (χ1) is 12.3. The minimum Gasteiger partial charge on any atom is -0.375 e. The van der Waals surface area contributed by atoms with E-state index in [0.29, 0.717) is 6.54 Å². The van der Waals surface area contributed by atoms with Gasteiger partial charge < -0.3 is 14.6 Å². The summed E-state index contributed by atoms with van der Waals surface area (Å²) in [6.45, 7) is 3.93. The van der Waals surface area contributed by atoms with Crippen molar-refractivity contribution in [2.24, 2.45) is 0 Å². The average Bonchev–Trinajstić information content (AvgIpc) is 2.96. The Morgan fingerprint density at radius 3 is 2.72 bits per heavy atom. The van der Waals surface area contributed by atoms with E-state index < -0.39 is 0 Å². The standard InChI is InChI=1S/C20H31N3O2/c1-3-4-5-6-7-10-15-23-18-12-9-8-11-17(18)22-19(23)13-14-21-20(24)16-25-2/h8-9,11-12H,3-7,10,13-16H2,1-2H3,(H,21,24). The van der Waals surface area contributed by atoms with E-state index in [9.17, 15) is 4.79 Å². The van der Waals surface area contributed by atoms with Crippen LogP contribution in [0.4, 0.5) is 0 Å². The molecule has 5 nitrogen and oxygen atoms in total. The lowest BCUT2D eigenvalue weighted by Gasteiger charge is -2.10. The van der Waals surface area contributed by atoms with Crippen LogP contribution in [0.1, 0.15) is 51.3 Å². The molecule has 138 valence electrons. The van der Waals surface area contributed by atoms with Crippen molar-refractivity contribution in [3.63, 3.8) is 0 Å². The summed E-state index contributed by atoms with van der Waals surface area (Å²) in [5.41, 5.74) is 2.22. The molecule has 2 aromatic rings. The summed E-state index contributed by atoms with van der Waals surface area (Å²) in [5.74, 6) is 0.966. The number of benzene rings is 1. The molecule has 2 rings (SSSR count). The van der Waals surface area contributed by atoms with Gasteiger partial charge in [0.25, 0.3) is 0 Å². The third-order valence-electron chi connectivity index (χ3n) is 4.42. The molecule has 1 aromatic heterocycles. The summed E-state index contributed by atoms with van der Waals surface area (Å²) < 4.78 is 7.16. The summed E-state index contributed by atoms with van der Waals surface area (Å²) in [6, 6.07) is 8.27. The molecule has 0 fully saturated rings. The van der Waals surface area contributed by atoms with Crippen LogP contribution in [-0.2, 0) is 22.5 Å². The summed E-state index contributed by atoms with van der Waals surface area (Å²) in [4.78, 5) is 16.3. The summed E-state index contributed by atoms with van der Waals surface area (Å²) >= 11 is 0. The van der Waals surface area contributed by atoms with Crippen LogP contribution in [0.3, 0.4) is 0 Å². The fourth-order valence-corrected chi connectivity index (χ4v) is 3.11. The third-order valence-corrected chi connectivity index (χ3v) is 4.42. The number of unbranched alkanes of at least 4 members (excludes halogenated alkanes) is 5. The molecule has 0 saturated heterocycles. The van der Waals surface area contributed by atoms with Gasteiger partial charge in [0.1, 0.15) is 12.4 Å². The number of para-hydroxylation sites is 2. The second-order valence-electron chi connectivity index (χ2n) is 6.47. The van der Waals surface area contributed by atoms with Crippen molar-refractivity contribution in [1.82, 2.24) is 14.9 Å². The van der Waals surface area contributed by atoms with Crippen molar-refractivity contribution < 1.29 is 9.53 Å². The maximum Gasteiger partial charge on any atom is 0.245 e. The molecule has 0 unspecified atom stereocenters. The minimum atomic E-state index is -0.0823. The molecule has 5 heteroatoms. The SMILES string of the molecule is CCCCCCCCn1c(CCNC(=O)COC)nc2ccccc21. The minimum absolute atomic E-state index is 0.0823. The van der Waals surface area contributed by atoms with Gasteiger partial charge >= 0.3 is 0 Å². The van der Waals surface area contributed by atoms with Gasteiger partial charge in [-0.2, -0.15) is 0 Å². The van der Waals surface area contributed by atoms with Crippen LogP contribution >= 0.6 is 0 Å². The molecule has 0 bridgehead atoms. The molecule has 1 aromatic carbocycles. The van der Waals surface area contributed by atoms with Gasteiger partial charge in [0.05, 0.1) is 11.0 Å². The predicted octanol–water partition coefficient (Wildman–Crippen LogP) is 3.70. The zero-order valence-electron chi connectivity index (χ0n) is 15.6. The summed E-state index contributed by atoms with van der Waals surface area (Å²) in [7, 11) is 1.53. The molecular formula is C20H31N3O2. The van der Waals surface area contributed by atoms with Crippen LogP contribution in [0.2, 0.25) is 0 Å². The fourth-order valence-electron chi connectivity index (χ4n) is 3.11. The highest BCUT2D eigenvalue weighted by molar-refractivity contribution is 5.77. The number of aromatic nitrogens is 2. The van der Waals surface area contributed by atoms with Gasteiger partial charge in [-0.3, -0.25) is 4.79 Å². The normalized spacial score (nSPS) is 11.1. The number of imidazole rings is 1. The maximum atomic E-state index is 11.5. The molecule has 0 radical (unpaired) electrons. The van der Waals surface area contributed by atoms with Crippen molar-refractivity contribution in [2.75, 3.05) is 20.3 Å². The fraction of sp³-hybridized carbons (Fsp3) is 0.600. The first-order valence-corrected chi connectivity index (χ1v) is 9.46. The molecule has 0 aliphatic carbocycles. The highest BCUT2D eigenvalue weighted by Crippen LogP contribution is 2.18. The number of amides is 1. The van der Waals surface area contributed by atoms with Gasteiger partial charge in [0.15, 0.2) is 0 Å². The largest absolute Gasteiger partial charge is 0.375 e. The molecule has 25 heavy (non-hydrogen) atoms. The first-order valence-electron chi connectivity index (χ1n) is 9.46. The molecule has 0 aliphatic heterocycles. The maximum absolute atomic E-state index is 11.5. The number of nitrogens with one attached hydrogen (secondary N) is 1. The van der Waals surface area contributed by atoms with E-state index in [1.807, 2.05) is 6.07 Å². The second kappa shape index (κ2) is 10.9. The van der Waals surface area contributed by atoms with E-state index in [4.69, 9.17) is 9.72 Å². The first kappa shape index (κ1) is 19.4. The van der Waals surface area contributed by atoms with Gasteiger partial charge in [0, 0.05) is 26.6 Å².